The van der Waals surface area contributed by atoms with Gasteiger partial charge in [0.15, 0.2) is 0 Å². The largest absolute Gasteiger partial charge is 0.317 e. The maximum Gasteiger partial charge on any atom is 0.226 e. The number of aromatic nitrogens is 2. The predicted molar refractivity (Wildman–Crippen MR) is 147 cm³/mol. The number of thiazole rings is 1. The summed E-state index contributed by atoms with van der Waals surface area (Å²) in [6.07, 6.45) is 6.07. The van der Waals surface area contributed by atoms with Gasteiger partial charge in [0.2, 0.25) is 5.91 Å². The van der Waals surface area contributed by atoms with E-state index in [1.807, 2.05) is 24.5 Å². The number of hydrogen-bond donors (Lipinski definition) is 3. The van der Waals surface area contributed by atoms with Gasteiger partial charge in [0.1, 0.15) is 10.0 Å². The van der Waals surface area contributed by atoms with Crippen LogP contribution in [0, 0.1) is 0 Å². The first-order chi connectivity index (χ1) is 17.0. The highest BCUT2D eigenvalue weighted by Gasteiger charge is 2.28. The van der Waals surface area contributed by atoms with E-state index >= 15 is 0 Å². The fourth-order valence-electron chi connectivity index (χ4n) is 4.43. The number of benzene rings is 1. The van der Waals surface area contributed by atoms with Crippen LogP contribution in [0.3, 0.4) is 0 Å². The summed E-state index contributed by atoms with van der Waals surface area (Å²) in [5.41, 5.74) is 5.67. The summed E-state index contributed by atoms with van der Waals surface area (Å²) in [5, 5.41) is 12.1. The van der Waals surface area contributed by atoms with Crippen LogP contribution in [0.5, 0.6) is 0 Å². The van der Waals surface area contributed by atoms with Gasteiger partial charge in [-0.2, -0.15) is 0 Å². The normalized spacial score (nSPS) is 16.3. The topological polar surface area (TPSA) is 78.9 Å². The number of fused-ring (bicyclic) bond motifs is 2. The van der Waals surface area contributed by atoms with Crippen molar-refractivity contribution >= 4 is 43.8 Å². The Kier molecular flexibility index (Phi) is 7.24. The van der Waals surface area contributed by atoms with Crippen molar-refractivity contribution in [3.63, 3.8) is 0 Å². The summed E-state index contributed by atoms with van der Waals surface area (Å²) in [6, 6.07) is 11.2. The number of amides is 1. The Morgan fingerprint density at radius 1 is 1.20 bits per heavy atom. The van der Waals surface area contributed by atoms with E-state index in [2.05, 4.69) is 59.9 Å². The molecule has 0 saturated carbocycles. The summed E-state index contributed by atoms with van der Waals surface area (Å²) in [7, 11) is 0. The highest BCUT2D eigenvalue weighted by atomic mass is 32.1. The number of carbonyl (C=O) groups is 1. The molecule has 1 unspecified atom stereocenters. The van der Waals surface area contributed by atoms with Crippen molar-refractivity contribution in [1.82, 2.24) is 20.6 Å². The molecule has 6 nitrogen and oxygen atoms in total. The maximum absolute atomic E-state index is 12.9. The lowest BCUT2D eigenvalue weighted by Crippen LogP contribution is -2.28. The summed E-state index contributed by atoms with van der Waals surface area (Å²) in [4.78, 5) is 23.3. The van der Waals surface area contributed by atoms with Gasteiger partial charge in [-0.05, 0) is 74.2 Å². The molecule has 0 aliphatic carbocycles. The second-order valence-electron chi connectivity index (χ2n) is 9.07. The minimum Gasteiger partial charge on any atom is -0.317 e. The molecule has 2 atom stereocenters. The van der Waals surface area contributed by atoms with Gasteiger partial charge in [-0.1, -0.05) is 13.0 Å². The first-order valence-corrected chi connectivity index (χ1v) is 13.9. The Labute approximate surface area is 214 Å². The van der Waals surface area contributed by atoms with E-state index in [4.69, 9.17) is 4.98 Å². The molecule has 0 bridgehead atoms. The number of pyridine rings is 1. The van der Waals surface area contributed by atoms with Crippen molar-refractivity contribution in [1.29, 1.82) is 0 Å². The monoisotopic (exact) mass is 505 g/mol. The van der Waals surface area contributed by atoms with Crippen LogP contribution in [0.4, 0.5) is 5.00 Å². The molecule has 0 fully saturated rings. The molecule has 1 aliphatic rings. The van der Waals surface area contributed by atoms with Crippen molar-refractivity contribution in [3.8, 4) is 21.7 Å². The quantitative estimate of drug-likeness (QED) is 0.273. The van der Waals surface area contributed by atoms with E-state index in [0.717, 1.165) is 56.3 Å². The summed E-state index contributed by atoms with van der Waals surface area (Å²) >= 11 is 3.39. The van der Waals surface area contributed by atoms with Crippen LogP contribution in [-0.4, -0.2) is 35.0 Å². The van der Waals surface area contributed by atoms with Gasteiger partial charge >= 0.3 is 0 Å². The third-order valence-corrected chi connectivity index (χ3v) is 8.97. The number of rotatable bonds is 8. The molecule has 182 valence electrons. The number of nitrogens with one attached hydrogen (secondary N) is 3. The molecule has 0 spiro atoms. The summed E-state index contributed by atoms with van der Waals surface area (Å²) < 4.78 is 1.15. The van der Waals surface area contributed by atoms with Crippen molar-refractivity contribution in [2.24, 2.45) is 0 Å². The van der Waals surface area contributed by atoms with Crippen LogP contribution in [0.15, 0.2) is 42.7 Å². The Hall–Kier alpha value is -2.65. The van der Waals surface area contributed by atoms with Crippen molar-refractivity contribution < 1.29 is 4.79 Å². The van der Waals surface area contributed by atoms with Gasteiger partial charge in [-0.3, -0.25) is 9.78 Å². The molecule has 4 aromatic rings. The molecule has 5 rings (SSSR count). The first-order valence-electron chi connectivity index (χ1n) is 12.3. The number of anilines is 1. The van der Waals surface area contributed by atoms with Crippen LogP contribution in [0.1, 0.15) is 50.1 Å². The minimum absolute atomic E-state index is 0.0438. The fraction of sp³-hybridized carbons (Fsp3) is 0.370. The average molecular weight is 506 g/mol. The SMILES string of the molecule is CC[C@H](C)NCCC(=O)Nc1sc2c(c1-c1nc3cc(-c4ccncc4)ccc3s1)CCNC2C. The molecule has 3 N–H and O–H groups in total. The Morgan fingerprint density at radius 3 is 2.83 bits per heavy atom. The zero-order valence-corrected chi connectivity index (χ0v) is 22.0. The predicted octanol–water partition coefficient (Wildman–Crippen LogP) is 6.01. The lowest BCUT2D eigenvalue weighted by atomic mass is 10.0. The first kappa shape index (κ1) is 24.1. The van der Waals surface area contributed by atoms with Crippen molar-refractivity contribution in [2.75, 3.05) is 18.4 Å². The van der Waals surface area contributed by atoms with Crippen molar-refractivity contribution in [2.45, 2.75) is 52.1 Å². The van der Waals surface area contributed by atoms with Gasteiger partial charge in [-0.25, -0.2) is 4.98 Å². The Bertz CT molecular complexity index is 1330. The fourth-order valence-corrected chi connectivity index (χ4v) is 6.81. The van der Waals surface area contributed by atoms with Crippen LogP contribution in [0.25, 0.3) is 31.9 Å². The highest BCUT2D eigenvalue weighted by molar-refractivity contribution is 7.23. The molecule has 1 aliphatic heterocycles. The molecule has 4 heterocycles. The van der Waals surface area contributed by atoms with Crippen molar-refractivity contribution in [3.05, 3.63) is 53.2 Å². The average Bonchev–Trinajstić information content (AvgIpc) is 3.45. The lowest BCUT2D eigenvalue weighted by Gasteiger charge is -2.20. The van der Waals surface area contributed by atoms with Crippen LogP contribution in [0.2, 0.25) is 0 Å². The third kappa shape index (κ3) is 5.16. The van der Waals surface area contributed by atoms with Gasteiger partial charge in [0.05, 0.1) is 10.2 Å². The van der Waals surface area contributed by atoms with Gasteiger partial charge in [0.25, 0.3) is 0 Å². The van der Waals surface area contributed by atoms with Crippen LogP contribution < -0.4 is 16.0 Å². The Balaban J connectivity index is 1.48. The lowest BCUT2D eigenvalue weighted by molar-refractivity contribution is -0.116. The number of hydrogen-bond acceptors (Lipinski definition) is 7. The summed E-state index contributed by atoms with van der Waals surface area (Å²) in [5.74, 6) is 0.0438. The van der Waals surface area contributed by atoms with Gasteiger partial charge in [-0.15, -0.1) is 22.7 Å². The third-order valence-electron chi connectivity index (χ3n) is 6.58. The van der Waals surface area contributed by atoms with Gasteiger partial charge in [0, 0.05) is 47.9 Å². The zero-order chi connectivity index (χ0) is 24.4. The molecule has 8 heteroatoms. The summed E-state index contributed by atoms with van der Waals surface area (Å²) in [6.45, 7) is 8.09. The molecule has 0 saturated heterocycles. The van der Waals surface area contributed by atoms with E-state index in [1.165, 1.54) is 10.4 Å². The van der Waals surface area contributed by atoms with Crippen LogP contribution in [-0.2, 0) is 11.2 Å². The van der Waals surface area contributed by atoms with E-state index in [9.17, 15) is 4.79 Å². The molecular formula is C27H31N5OS2. The van der Waals surface area contributed by atoms with Gasteiger partial charge < -0.3 is 16.0 Å². The molecule has 1 amide bonds. The van der Waals surface area contributed by atoms with Crippen LogP contribution >= 0.6 is 22.7 Å². The Morgan fingerprint density at radius 2 is 2.03 bits per heavy atom. The maximum atomic E-state index is 12.9. The molecular weight excluding hydrogens is 474 g/mol. The molecule has 3 aromatic heterocycles. The second kappa shape index (κ2) is 10.5. The molecule has 1 aromatic carbocycles. The van der Waals surface area contributed by atoms with E-state index < -0.39 is 0 Å². The number of nitrogens with zero attached hydrogens (tertiary/aromatic N) is 2. The van der Waals surface area contributed by atoms with E-state index in [1.54, 1.807) is 22.7 Å². The second-order valence-corrected chi connectivity index (χ2v) is 11.2. The smallest absolute Gasteiger partial charge is 0.226 e. The van der Waals surface area contributed by atoms with E-state index in [-0.39, 0.29) is 11.9 Å². The highest BCUT2D eigenvalue weighted by Crippen LogP contribution is 2.47. The number of carbonyl (C=O) groups excluding carboxylic acids is 1. The zero-order valence-electron chi connectivity index (χ0n) is 20.4. The number of thiophene rings is 1. The minimum atomic E-state index is 0.0438. The standard InChI is InChI=1S/C27H31N5OS2/c1-4-16(2)29-14-10-23(33)32-27-24(20-9-13-30-17(3)25(20)35-27)26-31-21-15-19(5-6-22(21)34-26)18-7-11-28-12-8-18/h5-8,11-12,15-17,29-30H,4,9-10,13-14H2,1-3H3,(H,32,33)/t16-,17?/m0/s1. The molecule has 0 radical (unpaired) electrons. The molecule has 35 heavy (non-hydrogen) atoms. The van der Waals surface area contributed by atoms with E-state index in [0.29, 0.717) is 19.0 Å².